The molecule has 0 radical (unpaired) electrons. The number of rotatable bonds is 6. The van der Waals surface area contributed by atoms with Gasteiger partial charge in [-0.05, 0) is 37.6 Å². The zero-order valence-corrected chi connectivity index (χ0v) is 11.4. The van der Waals surface area contributed by atoms with E-state index in [9.17, 15) is 0 Å². The lowest BCUT2D eigenvalue weighted by Crippen LogP contribution is -2.31. The minimum absolute atomic E-state index is 0.590. The van der Waals surface area contributed by atoms with Gasteiger partial charge in [-0.1, -0.05) is 13.8 Å². The van der Waals surface area contributed by atoms with Crippen LogP contribution in [0.5, 0.6) is 5.75 Å². The lowest BCUT2D eigenvalue weighted by Gasteiger charge is -2.27. The van der Waals surface area contributed by atoms with Crippen molar-refractivity contribution in [2.45, 2.75) is 39.8 Å². The highest BCUT2D eigenvalue weighted by atomic mass is 16.5. The van der Waals surface area contributed by atoms with Crippen molar-refractivity contribution in [1.29, 1.82) is 0 Å². The predicted octanol–water partition coefficient (Wildman–Crippen LogP) is 2.90. The van der Waals surface area contributed by atoms with Crippen molar-refractivity contribution in [2.24, 2.45) is 0 Å². The molecule has 0 aromatic heterocycles. The predicted molar refractivity (Wildman–Crippen MR) is 73.2 cm³/mol. The summed E-state index contributed by atoms with van der Waals surface area (Å²) >= 11 is 0. The van der Waals surface area contributed by atoms with Crippen LogP contribution >= 0.6 is 0 Å². The van der Waals surface area contributed by atoms with Gasteiger partial charge in [-0.2, -0.15) is 0 Å². The number of nitrogen functional groups attached to an aromatic ring is 1. The summed E-state index contributed by atoms with van der Waals surface area (Å²) in [5, 5.41) is 0. The van der Waals surface area contributed by atoms with Gasteiger partial charge in [0.05, 0.1) is 7.11 Å². The number of nitrogens with zero attached hydrogens (tertiary/aromatic N) is 1. The van der Waals surface area contributed by atoms with Gasteiger partial charge in [0.1, 0.15) is 5.75 Å². The molecule has 1 rings (SSSR count). The Morgan fingerprint density at radius 1 is 1.29 bits per heavy atom. The largest absolute Gasteiger partial charge is 0.497 e. The fourth-order valence-corrected chi connectivity index (χ4v) is 1.97. The average Bonchev–Trinajstić information content (AvgIpc) is 2.34. The minimum atomic E-state index is 0.590. The Balaban J connectivity index is 2.82. The van der Waals surface area contributed by atoms with E-state index < -0.39 is 0 Å². The Morgan fingerprint density at radius 3 is 2.53 bits per heavy atom. The maximum absolute atomic E-state index is 5.86. The Bertz CT molecular complexity index is 352. The zero-order valence-electron chi connectivity index (χ0n) is 11.4. The number of hydrogen-bond acceptors (Lipinski definition) is 3. The van der Waals surface area contributed by atoms with Crippen molar-refractivity contribution >= 4 is 5.69 Å². The first-order valence-corrected chi connectivity index (χ1v) is 6.28. The third-order valence-electron chi connectivity index (χ3n) is 3.23. The van der Waals surface area contributed by atoms with E-state index in [-0.39, 0.29) is 0 Å². The molecule has 0 heterocycles. The van der Waals surface area contributed by atoms with E-state index in [1.165, 1.54) is 5.56 Å². The summed E-state index contributed by atoms with van der Waals surface area (Å²) < 4.78 is 5.24. The molecule has 1 atom stereocenters. The number of methoxy groups -OCH3 is 1. The fraction of sp³-hybridized carbons (Fsp3) is 0.571. The van der Waals surface area contributed by atoms with Crippen LogP contribution in [0.1, 0.15) is 32.8 Å². The van der Waals surface area contributed by atoms with E-state index >= 15 is 0 Å². The third-order valence-corrected chi connectivity index (χ3v) is 3.23. The van der Waals surface area contributed by atoms with Crippen molar-refractivity contribution in [3.05, 3.63) is 23.8 Å². The van der Waals surface area contributed by atoms with Crippen molar-refractivity contribution < 1.29 is 4.74 Å². The number of benzene rings is 1. The summed E-state index contributed by atoms with van der Waals surface area (Å²) in [5.74, 6) is 0.834. The van der Waals surface area contributed by atoms with Gasteiger partial charge >= 0.3 is 0 Å². The summed E-state index contributed by atoms with van der Waals surface area (Å²) in [5.41, 5.74) is 7.84. The molecule has 0 aliphatic rings. The van der Waals surface area contributed by atoms with E-state index in [1.54, 1.807) is 7.11 Å². The first-order valence-electron chi connectivity index (χ1n) is 6.28. The molecule has 1 aromatic carbocycles. The van der Waals surface area contributed by atoms with Crippen LogP contribution in [0.15, 0.2) is 18.2 Å². The number of anilines is 1. The smallest absolute Gasteiger partial charge is 0.121 e. The molecule has 0 saturated carbocycles. The monoisotopic (exact) mass is 236 g/mol. The highest BCUT2D eigenvalue weighted by Gasteiger charge is 2.11. The first kappa shape index (κ1) is 13.8. The van der Waals surface area contributed by atoms with Gasteiger partial charge in [-0.15, -0.1) is 0 Å². The molecule has 0 amide bonds. The molecule has 3 heteroatoms. The van der Waals surface area contributed by atoms with Gasteiger partial charge in [0.25, 0.3) is 0 Å². The third kappa shape index (κ3) is 3.93. The number of hydrogen-bond donors (Lipinski definition) is 1. The highest BCUT2D eigenvalue weighted by Crippen LogP contribution is 2.20. The number of nitrogens with two attached hydrogens (primary N) is 1. The summed E-state index contributed by atoms with van der Waals surface area (Å²) in [4.78, 5) is 2.44. The van der Waals surface area contributed by atoms with Gasteiger partial charge in [0, 0.05) is 24.3 Å². The molecule has 0 bridgehead atoms. The van der Waals surface area contributed by atoms with Crippen LogP contribution in [0.25, 0.3) is 0 Å². The Labute approximate surface area is 105 Å². The maximum Gasteiger partial charge on any atom is 0.121 e. The van der Waals surface area contributed by atoms with E-state index in [1.807, 2.05) is 12.1 Å². The van der Waals surface area contributed by atoms with E-state index in [0.717, 1.165) is 30.9 Å². The number of ether oxygens (including phenoxy) is 1. The van der Waals surface area contributed by atoms with Crippen LogP contribution < -0.4 is 10.5 Å². The molecule has 1 aromatic rings. The Kier molecular flexibility index (Phi) is 5.29. The van der Waals surface area contributed by atoms with Crippen LogP contribution in [0.4, 0.5) is 5.69 Å². The highest BCUT2D eigenvalue weighted by molar-refractivity contribution is 5.47. The maximum atomic E-state index is 5.86. The Morgan fingerprint density at radius 2 is 2.00 bits per heavy atom. The van der Waals surface area contributed by atoms with Crippen molar-refractivity contribution in [3.63, 3.8) is 0 Å². The quantitative estimate of drug-likeness (QED) is 0.772. The molecule has 17 heavy (non-hydrogen) atoms. The summed E-state index contributed by atoms with van der Waals surface area (Å²) in [6.07, 6.45) is 1.16. The van der Waals surface area contributed by atoms with E-state index in [2.05, 4.69) is 31.7 Å². The molecular weight excluding hydrogens is 212 g/mol. The SMILES string of the molecule is CCC(C)N(CC)Cc1cc(N)cc(OC)c1. The van der Waals surface area contributed by atoms with Crippen molar-refractivity contribution in [2.75, 3.05) is 19.4 Å². The molecule has 0 aliphatic carbocycles. The zero-order chi connectivity index (χ0) is 12.8. The lowest BCUT2D eigenvalue weighted by atomic mass is 10.1. The molecule has 96 valence electrons. The second-order valence-electron chi connectivity index (χ2n) is 4.43. The molecule has 1 unspecified atom stereocenters. The molecule has 3 nitrogen and oxygen atoms in total. The van der Waals surface area contributed by atoms with E-state index in [4.69, 9.17) is 10.5 Å². The second-order valence-corrected chi connectivity index (χ2v) is 4.43. The summed E-state index contributed by atoms with van der Waals surface area (Å²) in [6, 6.07) is 6.52. The molecule has 0 saturated heterocycles. The van der Waals surface area contributed by atoms with Gasteiger partial charge < -0.3 is 10.5 Å². The topological polar surface area (TPSA) is 38.5 Å². The van der Waals surface area contributed by atoms with Crippen LogP contribution in [0.3, 0.4) is 0 Å². The standard InChI is InChI=1S/C14H24N2O/c1-5-11(3)16(6-2)10-12-7-13(15)9-14(8-12)17-4/h7-9,11H,5-6,10,15H2,1-4H3. The second kappa shape index (κ2) is 6.50. The summed E-state index contributed by atoms with van der Waals surface area (Å²) in [6.45, 7) is 8.63. The molecule has 0 spiro atoms. The molecular formula is C14H24N2O. The van der Waals surface area contributed by atoms with Crippen LogP contribution in [0.2, 0.25) is 0 Å². The van der Waals surface area contributed by atoms with Gasteiger partial charge in [0.2, 0.25) is 0 Å². The molecule has 0 fully saturated rings. The first-order chi connectivity index (χ1) is 8.10. The normalized spacial score (nSPS) is 12.8. The fourth-order valence-electron chi connectivity index (χ4n) is 1.97. The van der Waals surface area contributed by atoms with Crippen LogP contribution in [-0.2, 0) is 6.54 Å². The minimum Gasteiger partial charge on any atom is -0.497 e. The average molecular weight is 236 g/mol. The van der Waals surface area contributed by atoms with Gasteiger partial charge in [0.15, 0.2) is 0 Å². The van der Waals surface area contributed by atoms with Crippen LogP contribution in [0, 0.1) is 0 Å². The van der Waals surface area contributed by atoms with Gasteiger partial charge in [-0.3, -0.25) is 4.90 Å². The lowest BCUT2D eigenvalue weighted by molar-refractivity contribution is 0.206. The van der Waals surface area contributed by atoms with Crippen molar-refractivity contribution in [3.8, 4) is 5.75 Å². The van der Waals surface area contributed by atoms with Crippen LogP contribution in [-0.4, -0.2) is 24.6 Å². The molecule has 0 aliphatic heterocycles. The van der Waals surface area contributed by atoms with E-state index in [0.29, 0.717) is 6.04 Å². The van der Waals surface area contributed by atoms with Crippen molar-refractivity contribution in [1.82, 2.24) is 4.90 Å². The Hall–Kier alpha value is -1.22. The van der Waals surface area contributed by atoms with Gasteiger partial charge in [-0.25, -0.2) is 0 Å². The summed E-state index contributed by atoms with van der Waals surface area (Å²) in [7, 11) is 1.67. The molecule has 2 N–H and O–H groups in total.